The van der Waals surface area contributed by atoms with Crippen molar-refractivity contribution < 1.29 is 23.9 Å². The molecule has 156 valence electrons. The highest BCUT2D eigenvalue weighted by Gasteiger charge is 2.40. The maximum Gasteiger partial charge on any atom is 0.416 e. The van der Waals surface area contributed by atoms with E-state index < -0.39 is 0 Å². The van der Waals surface area contributed by atoms with Crippen LogP contribution in [0.4, 0.5) is 5.69 Å². The molecular formula is C21H28N3O5+. The van der Waals surface area contributed by atoms with Crippen molar-refractivity contribution in [3.63, 3.8) is 0 Å². The largest absolute Gasteiger partial charge is 0.416 e. The molecule has 0 aromatic heterocycles. The van der Waals surface area contributed by atoms with Crippen LogP contribution < -0.4 is 10.6 Å². The van der Waals surface area contributed by atoms with Gasteiger partial charge in [-0.15, -0.1) is 0 Å². The summed E-state index contributed by atoms with van der Waals surface area (Å²) in [6.07, 6.45) is 5.34. The molecule has 1 heterocycles. The van der Waals surface area contributed by atoms with Gasteiger partial charge in [0.1, 0.15) is 13.2 Å². The zero-order chi connectivity index (χ0) is 21.1. The number of carbonyl (C=O) groups excluding carboxylic acids is 4. The van der Waals surface area contributed by atoms with Crippen LogP contribution in [0, 0.1) is 6.42 Å². The molecule has 0 saturated carbocycles. The number of unbranched alkanes of at least 4 members (excludes halogenated alkanes) is 2. The van der Waals surface area contributed by atoms with Crippen molar-refractivity contribution in [2.75, 3.05) is 31.6 Å². The van der Waals surface area contributed by atoms with Crippen LogP contribution in [0.2, 0.25) is 0 Å². The molecule has 0 bridgehead atoms. The molecule has 4 amide bonds. The van der Waals surface area contributed by atoms with Crippen molar-refractivity contribution in [2.45, 2.75) is 39.0 Å². The highest BCUT2D eigenvalue weighted by molar-refractivity contribution is 6.04. The second kappa shape index (κ2) is 11.9. The summed E-state index contributed by atoms with van der Waals surface area (Å²) in [5.74, 6) is -0.990. The number of carbonyl (C=O) groups is 4. The van der Waals surface area contributed by atoms with Gasteiger partial charge in [-0.05, 0) is 30.5 Å². The minimum atomic E-state index is -0.348. The SMILES string of the molecule is CCCCCNC(=O)COCC(=O)Nc1ccc(CCC(=O)N2C[CH+]C2=O)cc1. The van der Waals surface area contributed by atoms with Crippen LogP contribution in [0.1, 0.15) is 38.2 Å². The van der Waals surface area contributed by atoms with Crippen molar-refractivity contribution in [3.05, 3.63) is 36.2 Å². The summed E-state index contributed by atoms with van der Waals surface area (Å²) >= 11 is 0. The Hall–Kier alpha value is -2.87. The van der Waals surface area contributed by atoms with Gasteiger partial charge in [-0.25, -0.2) is 9.69 Å². The first-order valence-electron chi connectivity index (χ1n) is 9.90. The third-order valence-electron chi connectivity index (χ3n) is 4.45. The van der Waals surface area contributed by atoms with Crippen molar-refractivity contribution in [2.24, 2.45) is 0 Å². The maximum absolute atomic E-state index is 11.9. The van der Waals surface area contributed by atoms with Gasteiger partial charge in [-0.3, -0.25) is 14.4 Å². The van der Waals surface area contributed by atoms with Crippen LogP contribution in [0.5, 0.6) is 0 Å². The first kappa shape index (κ1) is 22.4. The predicted molar refractivity (Wildman–Crippen MR) is 108 cm³/mol. The number of amides is 4. The zero-order valence-corrected chi connectivity index (χ0v) is 16.7. The average molecular weight is 402 g/mol. The molecule has 2 rings (SSSR count). The summed E-state index contributed by atoms with van der Waals surface area (Å²) < 4.78 is 5.13. The third-order valence-corrected chi connectivity index (χ3v) is 4.45. The minimum Gasteiger partial charge on any atom is -0.362 e. The van der Waals surface area contributed by atoms with Crippen LogP contribution in [0.25, 0.3) is 0 Å². The number of benzene rings is 1. The van der Waals surface area contributed by atoms with Gasteiger partial charge in [0.05, 0.1) is 0 Å². The number of nitrogens with zero attached hydrogens (tertiary/aromatic N) is 1. The van der Waals surface area contributed by atoms with E-state index in [9.17, 15) is 19.2 Å². The fourth-order valence-corrected chi connectivity index (χ4v) is 2.71. The van der Waals surface area contributed by atoms with E-state index in [1.165, 1.54) is 11.3 Å². The van der Waals surface area contributed by atoms with Gasteiger partial charge in [0.2, 0.25) is 17.7 Å². The highest BCUT2D eigenvalue weighted by Crippen LogP contribution is 2.14. The Balaban J connectivity index is 1.61. The van der Waals surface area contributed by atoms with Crippen LogP contribution in [-0.4, -0.2) is 54.8 Å². The number of β-lactam (4-membered cyclic amide) rings is 1. The summed E-state index contributed by atoms with van der Waals surface area (Å²) in [6.45, 7) is 2.75. The molecule has 2 N–H and O–H groups in total. The number of hydrogen-bond donors (Lipinski definition) is 2. The Morgan fingerprint density at radius 1 is 1.10 bits per heavy atom. The normalized spacial score (nSPS) is 12.7. The van der Waals surface area contributed by atoms with Crippen molar-refractivity contribution in [1.82, 2.24) is 10.2 Å². The van der Waals surface area contributed by atoms with Gasteiger partial charge in [-0.2, -0.15) is 0 Å². The molecule has 0 radical (unpaired) electrons. The Morgan fingerprint density at radius 2 is 1.83 bits per heavy atom. The molecule has 1 aliphatic heterocycles. The number of anilines is 1. The summed E-state index contributed by atoms with van der Waals surface area (Å²) in [5.41, 5.74) is 1.54. The lowest BCUT2D eigenvalue weighted by molar-refractivity contribution is -0.147. The van der Waals surface area contributed by atoms with E-state index >= 15 is 0 Å². The topological polar surface area (TPSA) is 105 Å². The number of imide groups is 1. The molecule has 0 atom stereocenters. The predicted octanol–water partition coefficient (Wildman–Crippen LogP) is 1.45. The molecule has 0 aliphatic carbocycles. The standard InChI is InChI=1S/C21H27N3O5/c1-2-3-4-12-22-18(25)14-29-15-19(26)23-17-8-5-16(6-9-17)7-10-20(27)24-13-11-21(24)28/h5-6,8-9,11H,2-4,7,10,12-15H2,1H3,(H-,22,23,25,26)/p+1. The lowest BCUT2D eigenvalue weighted by Crippen LogP contribution is -2.48. The summed E-state index contributed by atoms with van der Waals surface area (Å²) in [4.78, 5) is 47.7. The van der Waals surface area contributed by atoms with E-state index in [1.807, 2.05) is 12.1 Å². The van der Waals surface area contributed by atoms with Gasteiger partial charge in [0, 0.05) is 18.7 Å². The smallest absolute Gasteiger partial charge is 0.362 e. The van der Waals surface area contributed by atoms with Crippen LogP contribution in [0.3, 0.4) is 0 Å². The summed E-state index contributed by atoms with van der Waals surface area (Å²) in [5, 5.41) is 5.43. The highest BCUT2D eigenvalue weighted by atomic mass is 16.5. The molecule has 8 heteroatoms. The first-order valence-corrected chi connectivity index (χ1v) is 9.90. The molecule has 1 saturated heterocycles. The van der Waals surface area contributed by atoms with Crippen LogP contribution >= 0.6 is 0 Å². The number of ether oxygens (including phenoxy) is 1. The second-order valence-corrected chi connectivity index (χ2v) is 6.84. The lowest BCUT2D eigenvalue weighted by Gasteiger charge is -2.18. The second-order valence-electron chi connectivity index (χ2n) is 6.84. The number of aryl methyl sites for hydroxylation is 1. The van der Waals surface area contributed by atoms with Gasteiger partial charge < -0.3 is 15.4 Å². The maximum atomic E-state index is 11.9. The molecule has 29 heavy (non-hydrogen) atoms. The molecule has 0 unspecified atom stereocenters. The first-order chi connectivity index (χ1) is 14.0. The minimum absolute atomic E-state index is 0.149. The van der Waals surface area contributed by atoms with E-state index in [0.29, 0.717) is 25.2 Å². The van der Waals surface area contributed by atoms with E-state index in [0.717, 1.165) is 24.8 Å². The Morgan fingerprint density at radius 3 is 2.45 bits per heavy atom. The fourth-order valence-electron chi connectivity index (χ4n) is 2.71. The van der Waals surface area contributed by atoms with E-state index in [4.69, 9.17) is 4.74 Å². The number of likely N-dealkylation sites (tertiary alicyclic amines) is 1. The van der Waals surface area contributed by atoms with Gasteiger partial charge in [0.15, 0.2) is 13.0 Å². The van der Waals surface area contributed by atoms with Crippen molar-refractivity contribution in [3.8, 4) is 0 Å². The third kappa shape index (κ3) is 7.95. The number of nitrogens with one attached hydrogen (secondary N) is 2. The van der Waals surface area contributed by atoms with E-state index in [1.54, 1.807) is 12.1 Å². The molecule has 1 aromatic rings. The Bertz CT molecular complexity index is 718. The van der Waals surface area contributed by atoms with Crippen LogP contribution in [-0.2, 0) is 30.3 Å². The quantitative estimate of drug-likeness (QED) is 0.313. The van der Waals surface area contributed by atoms with Crippen molar-refractivity contribution >= 4 is 29.3 Å². The Kier molecular flexibility index (Phi) is 9.17. The summed E-state index contributed by atoms with van der Waals surface area (Å²) in [6, 6.07) is 7.11. The number of rotatable bonds is 12. The van der Waals surface area contributed by atoms with Crippen LogP contribution in [0.15, 0.2) is 24.3 Å². The molecular weight excluding hydrogens is 374 g/mol. The molecule has 1 aliphatic rings. The summed E-state index contributed by atoms with van der Waals surface area (Å²) in [7, 11) is 0. The van der Waals surface area contributed by atoms with Gasteiger partial charge in [-0.1, -0.05) is 31.9 Å². The van der Waals surface area contributed by atoms with Gasteiger partial charge in [0.25, 0.3) is 0 Å². The van der Waals surface area contributed by atoms with E-state index in [2.05, 4.69) is 17.6 Å². The van der Waals surface area contributed by atoms with E-state index in [-0.39, 0.29) is 43.3 Å². The molecule has 1 aromatic carbocycles. The Labute approximate surface area is 171 Å². The zero-order valence-electron chi connectivity index (χ0n) is 16.7. The van der Waals surface area contributed by atoms with Crippen molar-refractivity contribution in [1.29, 1.82) is 0 Å². The lowest BCUT2D eigenvalue weighted by atomic mass is 10.1. The fraction of sp³-hybridized carbons (Fsp3) is 0.476. The average Bonchev–Trinajstić information content (AvgIpc) is 2.69. The monoisotopic (exact) mass is 402 g/mol. The molecule has 0 spiro atoms. The number of hydrogen-bond acceptors (Lipinski definition) is 5. The molecule has 8 nitrogen and oxygen atoms in total. The molecule has 1 fully saturated rings. The van der Waals surface area contributed by atoms with Gasteiger partial charge >= 0.3 is 5.91 Å².